The molecule has 0 fully saturated rings. The Morgan fingerprint density at radius 3 is 1.17 bits per heavy atom. The van der Waals surface area contributed by atoms with E-state index in [1.807, 2.05) is 0 Å². The van der Waals surface area contributed by atoms with Crippen LogP contribution >= 0.6 is 0 Å². The van der Waals surface area contributed by atoms with Crippen LogP contribution in [-0.2, 0) is 22.4 Å². The third-order valence-corrected chi connectivity index (χ3v) is 0. The zero-order valence-electron chi connectivity index (χ0n) is 4.39. The molecule has 0 aromatic rings. The van der Waals surface area contributed by atoms with Gasteiger partial charge in [0.2, 0.25) is 0 Å². The van der Waals surface area contributed by atoms with Crippen LogP contribution in [0.5, 0.6) is 0 Å². The molecule has 0 heterocycles. The van der Waals surface area contributed by atoms with Crippen LogP contribution in [0.2, 0.25) is 0 Å². The molecule has 0 aromatic carbocycles. The number of hydrogen-bond donors (Lipinski definition) is 1. The van der Waals surface area contributed by atoms with Crippen molar-refractivity contribution in [1.82, 2.24) is 0 Å². The van der Waals surface area contributed by atoms with E-state index in [0.717, 1.165) is 0 Å². The molecule has 1 radical (unpaired) electrons. The molecule has 0 rings (SSSR count). The second-order valence-corrected chi connectivity index (χ2v) is 2.17. The molecular formula is C4H10NbO. The molecule has 2 heteroatoms. The Morgan fingerprint density at radius 2 is 1.17 bits per heavy atom. The van der Waals surface area contributed by atoms with Gasteiger partial charge < -0.3 is 5.11 Å². The van der Waals surface area contributed by atoms with Crippen LogP contribution in [0.4, 0.5) is 0 Å². The summed E-state index contributed by atoms with van der Waals surface area (Å²) in [6.07, 6.45) is 0. The van der Waals surface area contributed by atoms with Crippen molar-refractivity contribution in [2.75, 3.05) is 0 Å². The molecule has 0 bridgehead atoms. The van der Waals surface area contributed by atoms with E-state index in [-0.39, 0.29) is 22.4 Å². The normalized spacial score (nSPS) is 10.0. The molecule has 0 aliphatic rings. The average molecular weight is 167 g/mol. The largest absolute Gasteiger partial charge is 0.391 e. The maximum absolute atomic E-state index is 8.52. The van der Waals surface area contributed by atoms with Crippen molar-refractivity contribution in [3.05, 3.63) is 0 Å². The quantitative estimate of drug-likeness (QED) is 0.528. The van der Waals surface area contributed by atoms with Gasteiger partial charge in [-0.25, -0.2) is 0 Å². The molecule has 0 spiro atoms. The van der Waals surface area contributed by atoms with E-state index >= 15 is 0 Å². The summed E-state index contributed by atoms with van der Waals surface area (Å²) in [5, 5.41) is 8.52. The minimum atomic E-state index is -0.500. The van der Waals surface area contributed by atoms with Gasteiger partial charge in [0, 0.05) is 22.4 Å². The van der Waals surface area contributed by atoms with Gasteiger partial charge in [0.1, 0.15) is 0 Å². The van der Waals surface area contributed by atoms with Crippen molar-refractivity contribution in [2.45, 2.75) is 26.4 Å². The molecule has 0 aromatic heterocycles. The monoisotopic (exact) mass is 167 g/mol. The molecule has 1 nitrogen and oxygen atoms in total. The van der Waals surface area contributed by atoms with Gasteiger partial charge in [0.25, 0.3) is 0 Å². The first kappa shape index (κ1) is 9.85. The van der Waals surface area contributed by atoms with E-state index < -0.39 is 5.60 Å². The summed E-state index contributed by atoms with van der Waals surface area (Å²) in [5.41, 5.74) is -0.500. The maximum Gasteiger partial charge on any atom is 0.0563 e. The van der Waals surface area contributed by atoms with Gasteiger partial charge in [-0.1, -0.05) is 0 Å². The molecule has 1 N–H and O–H groups in total. The molecule has 0 amide bonds. The predicted octanol–water partition coefficient (Wildman–Crippen LogP) is 0.775. The fourth-order valence-electron chi connectivity index (χ4n) is 0. The van der Waals surface area contributed by atoms with Crippen molar-refractivity contribution in [3.63, 3.8) is 0 Å². The van der Waals surface area contributed by atoms with Crippen molar-refractivity contribution in [3.8, 4) is 0 Å². The first-order chi connectivity index (χ1) is 2.00. The third-order valence-electron chi connectivity index (χ3n) is 0. The predicted molar refractivity (Wildman–Crippen MR) is 22.0 cm³/mol. The van der Waals surface area contributed by atoms with Crippen LogP contribution < -0.4 is 0 Å². The zero-order valence-corrected chi connectivity index (χ0v) is 6.59. The summed E-state index contributed by atoms with van der Waals surface area (Å²) in [6, 6.07) is 0. The van der Waals surface area contributed by atoms with E-state index in [1.165, 1.54) is 0 Å². The molecule has 37 valence electrons. The van der Waals surface area contributed by atoms with Crippen molar-refractivity contribution < 1.29 is 27.5 Å². The number of aliphatic hydroxyl groups is 1. The minimum Gasteiger partial charge on any atom is -0.391 e. The van der Waals surface area contributed by atoms with Crippen LogP contribution in [0.1, 0.15) is 20.8 Å². The standard InChI is InChI=1S/C4H10O.Nb/c1-4(2,3)5;/h5H,1-3H3;. The van der Waals surface area contributed by atoms with E-state index in [2.05, 4.69) is 0 Å². The van der Waals surface area contributed by atoms with Crippen LogP contribution in [0, 0.1) is 0 Å². The fraction of sp³-hybridized carbons (Fsp3) is 1.00. The summed E-state index contributed by atoms with van der Waals surface area (Å²) in [5.74, 6) is 0. The Kier molecular flexibility index (Phi) is 4.61. The van der Waals surface area contributed by atoms with Crippen molar-refractivity contribution in [2.24, 2.45) is 0 Å². The fourth-order valence-corrected chi connectivity index (χ4v) is 0. The minimum absolute atomic E-state index is 0. The van der Waals surface area contributed by atoms with Crippen LogP contribution in [0.15, 0.2) is 0 Å². The van der Waals surface area contributed by atoms with E-state index in [1.54, 1.807) is 20.8 Å². The number of rotatable bonds is 0. The Bertz CT molecular complexity index is 23.0. The zero-order chi connectivity index (χ0) is 4.50. The Labute approximate surface area is 54.3 Å². The smallest absolute Gasteiger partial charge is 0.0563 e. The second-order valence-electron chi connectivity index (χ2n) is 2.17. The Morgan fingerprint density at radius 1 is 1.17 bits per heavy atom. The summed E-state index contributed by atoms with van der Waals surface area (Å²) in [4.78, 5) is 0. The topological polar surface area (TPSA) is 20.2 Å². The van der Waals surface area contributed by atoms with Gasteiger partial charge >= 0.3 is 0 Å². The second kappa shape index (κ2) is 2.81. The molecular weight excluding hydrogens is 157 g/mol. The van der Waals surface area contributed by atoms with E-state index in [0.29, 0.717) is 0 Å². The van der Waals surface area contributed by atoms with Gasteiger partial charge in [0.15, 0.2) is 0 Å². The molecule has 0 aliphatic heterocycles. The Balaban J connectivity index is 0. The van der Waals surface area contributed by atoms with Crippen LogP contribution in [0.25, 0.3) is 0 Å². The Hall–Kier alpha value is 0.700. The first-order valence-electron chi connectivity index (χ1n) is 1.72. The molecule has 0 saturated heterocycles. The maximum atomic E-state index is 8.52. The molecule has 6 heavy (non-hydrogen) atoms. The van der Waals surface area contributed by atoms with Crippen LogP contribution in [-0.4, -0.2) is 10.7 Å². The van der Waals surface area contributed by atoms with E-state index in [9.17, 15) is 0 Å². The summed E-state index contributed by atoms with van der Waals surface area (Å²) < 4.78 is 0. The average Bonchev–Trinajstić information content (AvgIpc) is 0.722. The summed E-state index contributed by atoms with van der Waals surface area (Å²) in [7, 11) is 0. The van der Waals surface area contributed by atoms with E-state index in [4.69, 9.17) is 5.11 Å². The van der Waals surface area contributed by atoms with Gasteiger partial charge in [-0.2, -0.15) is 0 Å². The molecule has 0 atom stereocenters. The SMILES string of the molecule is CC(C)(C)O.[Nb]. The molecule has 0 saturated carbocycles. The molecule has 0 aliphatic carbocycles. The van der Waals surface area contributed by atoms with Gasteiger partial charge in [0.05, 0.1) is 5.60 Å². The van der Waals surface area contributed by atoms with Gasteiger partial charge in [-0.3, -0.25) is 0 Å². The van der Waals surface area contributed by atoms with Gasteiger partial charge in [-0.15, -0.1) is 0 Å². The summed E-state index contributed by atoms with van der Waals surface area (Å²) >= 11 is 0. The van der Waals surface area contributed by atoms with Crippen molar-refractivity contribution >= 4 is 0 Å². The molecule has 0 unspecified atom stereocenters. The van der Waals surface area contributed by atoms with Gasteiger partial charge in [-0.05, 0) is 20.8 Å². The summed E-state index contributed by atoms with van der Waals surface area (Å²) in [6.45, 7) is 5.23. The first-order valence-corrected chi connectivity index (χ1v) is 1.72. The third kappa shape index (κ3) is 131. The van der Waals surface area contributed by atoms with Crippen molar-refractivity contribution in [1.29, 1.82) is 0 Å². The van der Waals surface area contributed by atoms with Crippen LogP contribution in [0.3, 0.4) is 0 Å². The number of hydrogen-bond acceptors (Lipinski definition) is 1.